The van der Waals surface area contributed by atoms with Crippen molar-refractivity contribution in [2.24, 2.45) is 5.92 Å². The number of ether oxygens (including phenoxy) is 2. The summed E-state index contributed by atoms with van der Waals surface area (Å²) < 4.78 is 37.5. The Balaban J connectivity index is 1.41. The van der Waals surface area contributed by atoms with E-state index in [2.05, 4.69) is 5.32 Å². The second-order valence-corrected chi connectivity index (χ2v) is 10.3. The lowest BCUT2D eigenvalue weighted by molar-refractivity contribution is -0.126. The third-order valence-corrected chi connectivity index (χ3v) is 8.31. The number of nitrogens with one attached hydrogen (secondary N) is 1. The quantitative estimate of drug-likeness (QED) is 0.614. The van der Waals surface area contributed by atoms with Gasteiger partial charge in [-0.25, -0.2) is 8.42 Å². The van der Waals surface area contributed by atoms with E-state index in [0.29, 0.717) is 30.3 Å². The van der Waals surface area contributed by atoms with Crippen LogP contribution in [0.1, 0.15) is 38.8 Å². The normalized spacial score (nSPS) is 18.4. The molecule has 0 spiro atoms. The number of hydrogen-bond donors (Lipinski definition) is 1. The molecule has 34 heavy (non-hydrogen) atoms. The minimum Gasteiger partial charge on any atom is -0.454 e. The lowest BCUT2D eigenvalue weighted by Crippen LogP contribution is -2.34. The molecule has 9 nitrogen and oxygen atoms in total. The smallest absolute Gasteiger partial charge is 0.243 e. The molecule has 1 fully saturated rings. The van der Waals surface area contributed by atoms with Gasteiger partial charge in [-0.2, -0.15) is 4.31 Å². The summed E-state index contributed by atoms with van der Waals surface area (Å²) >= 11 is 0. The minimum absolute atomic E-state index is 0.0964. The topological polar surface area (TPSA) is 105 Å². The van der Waals surface area contributed by atoms with E-state index in [1.807, 2.05) is 25.1 Å². The molecule has 0 saturated carbocycles. The summed E-state index contributed by atoms with van der Waals surface area (Å²) in [6.45, 7) is 6.63. The summed E-state index contributed by atoms with van der Waals surface area (Å²) in [4.78, 5) is 27.2. The molecule has 1 saturated heterocycles. The molecule has 0 aliphatic carbocycles. The number of hydrogen-bond acceptors (Lipinski definition) is 6. The lowest BCUT2D eigenvalue weighted by atomic mass is 10.0. The fourth-order valence-electron chi connectivity index (χ4n) is 4.24. The van der Waals surface area contributed by atoms with Crippen molar-refractivity contribution in [3.63, 3.8) is 0 Å². The maximum atomic E-state index is 12.9. The van der Waals surface area contributed by atoms with Gasteiger partial charge in [0.05, 0.1) is 16.9 Å². The van der Waals surface area contributed by atoms with Crippen LogP contribution in [0, 0.1) is 5.92 Å². The van der Waals surface area contributed by atoms with Gasteiger partial charge in [-0.1, -0.05) is 19.9 Å². The first-order valence-electron chi connectivity index (χ1n) is 11.3. The number of carbonyl (C=O) groups excluding carboxylic acids is 2. The third-order valence-electron chi connectivity index (χ3n) is 6.24. The molecule has 2 aromatic carbocycles. The Morgan fingerprint density at radius 3 is 2.47 bits per heavy atom. The zero-order valence-corrected chi connectivity index (χ0v) is 20.3. The maximum Gasteiger partial charge on any atom is 0.243 e. The fraction of sp³-hybridized carbons (Fsp3) is 0.417. The van der Waals surface area contributed by atoms with Crippen LogP contribution in [-0.4, -0.2) is 51.0 Å². The van der Waals surface area contributed by atoms with Crippen molar-refractivity contribution in [3.05, 3.63) is 48.0 Å². The van der Waals surface area contributed by atoms with Gasteiger partial charge in [-0.15, -0.1) is 0 Å². The minimum atomic E-state index is -3.57. The predicted octanol–water partition coefficient (Wildman–Crippen LogP) is 2.68. The SMILES string of the molecule is CCN(CC)S(=O)(=O)c1ccc(N2C[C@H](C(=O)N[C@H](C)c3ccc4c(c3)OCO4)CC2=O)cc1. The van der Waals surface area contributed by atoms with Gasteiger partial charge in [0.1, 0.15) is 0 Å². The Morgan fingerprint density at radius 1 is 1.12 bits per heavy atom. The van der Waals surface area contributed by atoms with E-state index in [4.69, 9.17) is 9.47 Å². The Kier molecular flexibility index (Phi) is 6.81. The van der Waals surface area contributed by atoms with Gasteiger partial charge in [0, 0.05) is 31.7 Å². The number of nitrogens with zero attached hydrogens (tertiary/aromatic N) is 2. The lowest BCUT2D eigenvalue weighted by Gasteiger charge is -2.21. The summed E-state index contributed by atoms with van der Waals surface area (Å²) in [5.41, 5.74) is 1.45. The van der Waals surface area contributed by atoms with Crippen molar-refractivity contribution >= 4 is 27.5 Å². The molecule has 0 bridgehead atoms. The van der Waals surface area contributed by atoms with Crippen molar-refractivity contribution in [1.29, 1.82) is 0 Å². The van der Waals surface area contributed by atoms with Crippen molar-refractivity contribution in [2.45, 2.75) is 38.1 Å². The van der Waals surface area contributed by atoms with E-state index in [1.54, 1.807) is 26.0 Å². The van der Waals surface area contributed by atoms with Crippen LogP contribution in [0.15, 0.2) is 47.4 Å². The zero-order valence-electron chi connectivity index (χ0n) is 19.5. The number of sulfonamides is 1. The van der Waals surface area contributed by atoms with Crippen LogP contribution in [0.25, 0.3) is 0 Å². The zero-order chi connectivity index (χ0) is 24.5. The molecule has 182 valence electrons. The molecule has 0 unspecified atom stereocenters. The number of benzene rings is 2. The molecule has 2 aliphatic rings. The van der Waals surface area contributed by atoms with Gasteiger partial charge in [-0.05, 0) is 48.9 Å². The summed E-state index contributed by atoms with van der Waals surface area (Å²) in [5, 5.41) is 2.98. The highest BCUT2D eigenvalue weighted by Crippen LogP contribution is 2.34. The first kappa shape index (κ1) is 24.0. The highest BCUT2D eigenvalue weighted by Gasteiger charge is 2.36. The molecule has 10 heteroatoms. The van der Waals surface area contributed by atoms with Crippen molar-refractivity contribution < 1.29 is 27.5 Å². The van der Waals surface area contributed by atoms with Crippen LogP contribution in [0.3, 0.4) is 0 Å². The van der Waals surface area contributed by atoms with Crippen molar-refractivity contribution in [1.82, 2.24) is 9.62 Å². The summed E-state index contributed by atoms with van der Waals surface area (Å²) in [6, 6.07) is 11.5. The molecule has 1 N–H and O–H groups in total. The Bertz CT molecular complexity index is 1180. The predicted molar refractivity (Wildman–Crippen MR) is 126 cm³/mol. The van der Waals surface area contributed by atoms with E-state index in [0.717, 1.165) is 5.56 Å². The molecule has 0 aromatic heterocycles. The van der Waals surface area contributed by atoms with Crippen molar-refractivity contribution in [2.75, 3.05) is 31.3 Å². The number of amides is 2. The second-order valence-electron chi connectivity index (χ2n) is 8.33. The summed E-state index contributed by atoms with van der Waals surface area (Å²) in [6.07, 6.45) is 0.0964. The molecule has 2 aromatic rings. The molecular weight excluding hydrogens is 458 g/mol. The fourth-order valence-corrected chi connectivity index (χ4v) is 5.70. The average molecular weight is 488 g/mol. The molecule has 4 rings (SSSR count). The number of rotatable bonds is 8. The Hall–Kier alpha value is -3.11. The van der Waals surface area contributed by atoms with Gasteiger partial charge >= 0.3 is 0 Å². The largest absolute Gasteiger partial charge is 0.454 e. The van der Waals surface area contributed by atoms with Crippen LogP contribution in [-0.2, 0) is 19.6 Å². The standard InChI is InChI=1S/C24H29N3O6S/c1-4-26(5-2)34(30,31)20-9-7-19(8-10-20)27-14-18(13-23(27)28)24(29)25-16(3)17-6-11-21-22(12-17)33-15-32-21/h6-12,16,18H,4-5,13-15H2,1-3H3,(H,25,29)/t16-,18-/m1/s1. The molecular formula is C24H29N3O6S. The van der Waals surface area contributed by atoms with Gasteiger partial charge < -0.3 is 19.7 Å². The van der Waals surface area contributed by atoms with E-state index in [-0.39, 0.29) is 42.5 Å². The van der Waals surface area contributed by atoms with Crippen LogP contribution in [0.5, 0.6) is 11.5 Å². The van der Waals surface area contributed by atoms with E-state index in [9.17, 15) is 18.0 Å². The van der Waals surface area contributed by atoms with Crippen LogP contribution in [0.2, 0.25) is 0 Å². The van der Waals surface area contributed by atoms with E-state index >= 15 is 0 Å². The summed E-state index contributed by atoms with van der Waals surface area (Å²) in [5.74, 6) is 0.447. The number of carbonyl (C=O) groups is 2. The Morgan fingerprint density at radius 2 is 1.79 bits per heavy atom. The van der Waals surface area contributed by atoms with Gasteiger partial charge in [-0.3, -0.25) is 9.59 Å². The molecule has 0 radical (unpaired) electrons. The first-order chi connectivity index (χ1) is 16.2. The molecule has 2 amide bonds. The summed E-state index contributed by atoms with van der Waals surface area (Å²) in [7, 11) is -3.57. The average Bonchev–Trinajstić information content (AvgIpc) is 3.45. The van der Waals surface area contributed by atoms with E-state index in [1.165, 1.54) is 21.3 Å². The highest BCUT2D eigenvalue weighted by atomic mass is 32.2. The molecule has 2 atom stereocenters. The van der Waals surface area contributed by atoms with Crippen LogP contribution >= 0.6 is 0 Å². The highest BCUT2D eigenvalue weighted by molar-refractivity contribution is 7.89. The second kappa shape index (κ2) is 9.63. The first-order valence-corrected chi connectivity index (χ1v) is 12.8. The monoisotopic (exact) mass is 487 g/mol. The number of anilines is 1. The van der Waals surface area contributed by atoms with Gasteiger partial charge in [0.15, 0.2) is 11.5 Å². The van der Waals surface area contributed by atoms with Crippen molar-refractivity contribution in [3.8, 4) is 11.5 Å². The third kappa shape index (κ3) is 4.60. The van der Waals surface area contributed by atoms with Crippen LogP contribution in [0.4, 0.5) is 5.69 Å². The van der Waals surface area contributed by atoms with Crippen LogP contribution < -0.4 is 19.7 Å². The van der Waals surface area contributed by atoms with E-state index < -0.39 is 15.9 Å². The van der Waals surface area contributed by atoms with Gasteiger partial charge in [0.2, 0.25) is 28.6 Å². The molecule has 2 heterocycles. The molecule has 2 aliphatic heterocycles. The maximum absolute atomic E-state index is 12.9. The van der Waals surface area contributed by atoms with Gasteiger partial charge in [0.25, 0.3) is 0 Å². The Labute approximate surface area is 199 Å². The number of fused-ring (bicyclic) bond motifs is 1.